The topological polar surface area (TPSA) is 0 Å². The smallest absolute Gasteiger partial charge is 0.0440 e. The summed E-state index contributed by atoms with van der Waals surface area (Å²) >= 11 is 3.84. The summed E-state index contributed by atoms with van der Waals surface area (Å²) in [5.41, 5.74) is 10.6. The minimum absolute atomic E-state index is 0.0106. The van der Waals surface area contributed by atoms with E-state index in [0.29, 0.717) is 0 Å². The Bertz CT molecular complexity index is 3720. The zero-order valence-electron chi connectivity index (χ0n) is 31.5. The van der Waals surface area contributed by atoms with Crippen LogP contribution in [0.5, 0.6) is 0 Å². The van der Waals surface area contributed by atoms with Gasteiger partial charge in [-0.2, -0.15) is 0 Å². The molecule has 0 saturated heterocycles. The monoisotopic (exact) mass is 758 g/mol. The first kappa shape index (κ1) is 31.8. The highest BCUT2D eigenvalue weighted by Gasteiger charge is 2.35. The van der Waals surface area contributed by atoms with Gasteiger partial charge in [0.2, 0.25) is 0 Å². The summed E-state index contributed by atoms with van der Waals surface area (Å²) in [6, 6.07) is 64.4. The van der Waals surface area contributed by atoms with Crippen LogP contribution < -0.4 is 0 Å². The molecule has 0 amide bonds. The maximum atomic E-state index is 2.45. The molecular formula is C55H34S2. The number of hydrogen-bond acceptors (Lipinski definition) is 2. The van der Waals surface area contributed by atoms with Gasteiger partial charge in [-0.1, -0.05) is 147 Å². The summed E-state index contributed by atoms with van der Waals surface area (Å²) < 4.78 is 5.40. The Labute approximate surface area is 337 Å². The molecule has 0 aliphatic heterocycles. The first-order chi connectivity index (χ1) is 28.0. The Morgan fingerprint density at radius 1 is 0.333 bits per heavy atom. The van der Waals surface area contributed by atoms with Crippen LogP contribution in [0.2, 0.25) is 0 Å². The van der Waals surface area contributed by atoms with Gasteiger partial charge in [-0.25, -0.2) is 0 Å². The fourth-order valence-electron chi connectivity index (χ4n) is 10.2. The van der Waals surface area contributed by atoms with Crippen molar-refractivity contribution in [2.45, 2.75) is 19.3 Å². The van der Waals surface area contributed by atoms with Gasteiger partial charge >= 0.3 is 0 Å². The van der Waals surface area contributed by atoms with Crippen LogP contribution in [0.15, 0.2) is 170 Å². The van der Waals surface area contributed by atoms with Crippen LogP contribution in [0, 0.1) is 0 Å². The van der Waals surface area contributed by atoms with Crippen molar-refractivity contribution in [3.8, 4) is 33.4 Å². The molecule has 57 heavy (non-hydrogen) atoms. The van der Waals surface area contributed by atoms with Crippen molar-refractivity contribution in [3.63, 3.8) is 0 Å². The van der Waals surface area contributed by atoms with Crippen LogP contribution in [0.4, 0.5) is 0 Å². The molecule has 1 aliphatic carbocycles. The van der Waals surface area contributed by atoms with Gasteiger partial charge in [0.05, 0.1) is 0 Å². The van der Waals surface area contributed by atoms with E-state index in [0.717, 1.165) is 0 Å². The second-order valence-corrected chi connectivity index (χ2v) is 18.5. The predicted molar refractivity (Wildman–Crippen MR) is 251 cm³/mol. The molecule has 0 bridgehead atoms. The standard InChI is InChI=1S/C55H34S2/c1-55(2)48-14-8-7-13-39(48)45-28-33(17-24-49(45)55)35-19-26-51-47(30-35)46-29-34(18-25-50(46)56-51)32-16-20-41-44(27-32)38-12-6-5-11-37(38)40-22-23-43-42-21-15-31-9-3-4-10-36(31)53(42)57-54(43)52(40)41/h3-30H,1-2H3. The molecule has 2 heteroatoms. The lowest BCUT2D eigenvalue weighted by molar-refractivity contribution is 0.660. The SMILES string of the molecule is CC1(C)c2ccccc2-c2cc(-c3ccc4sc5ccc(-c6ccc7c(c6)c6ccccc6c6ccc8c9ccc%10ccccc%10c9sc8c67)cc5c4c3)ccc21. The highest BCUT2D eigenvalue weighted by Crippen LogP contribution is 2.50. The van der Waals surface area contributed by atoms with Gasteiger partial charge in [0.25, 0.3) is 0 Å². The normalized spacial score (nSPS) is 13.6. The van der Waals surface area contributed by atoms with Crippen LogP contribution >= 0.6 is 22.7 Å². The van der Waals surface area contributed by atoms with Crippen molar-refractivity contribution in [2.75, 3.05) is 0 Å². The molecule has 2 aromatic heterocycles. The number of benzene rings is 10. The molecule has 10 aromatic carbocycles. The number of thiophene rings is 2. The van der Waals surface area contributed by atoms with Gasteiger partial charge in [-0.05, 0) is 119 Å². The zero-order chi connectivity index (χ0) is 37.6. The minimum atomic E-state index is 0.0106. The predicted octanol–water partition coefficient (Wildman–Crippen LogP) is 16.7. The highest BCUT2D eigenvalue weighted by molar-refractivity contribution is 7.27. The van der Waals surface area contributed by atoms with Crippen molar-refractivity contribution in [2.24, 2.45) is 0 Å². The fourth-order valence-corrected chi connectivity index (χ4v) is 12.7. The maximum Gasteiger partial charge on any atom is 0.0440 e. The Balaban J connectivity index is 0.986. The van der Waals surface area contributed by atoms with E-state index in [1.807, 2.05) is 22.7 Å². The minimum Gasteiger partial charge on any atom is -0.135 e. The molecule has 1 aliphatic rings. The van der Waals surface area contributed by atoms with Crippen LogP contribution in [0.25, 0.3) is 117 Å². The lowest BCUT2D eigenvalue weighted by Gasteiger charge is -2.21. The summed E-state index contributed by atoms with van der Waals surface area (Å²) in [5.74, 6) is 0. The van der Waals surface area contributed by atoms with Crippen LogP contribution in [0.1, 0.15) is 25.0 Å². The first-order valence-corrected chi connectivity index (χ1v) is 21.5. The highest BCUT2D eigenvalue weighted by atomic mass is 32.1. The third kappa shape index (κ3) is 4.37. The largest absolute Gasteiger partial charge is 0.135 e. The molecule has 0 saturated carbocycles. The second kappa shape index (κ2) is 11.4. The summed E-state index contributed by atoms with van der Waals surface area (Å²) in [6.07, 6.45) is 0. The molecule has 0 unspecified atom stereocenters. The van der Waals surface area contributed by atoms with E-state index in [2.05, 4.69) is 184 Å². The van der Waals surface area contributed by atoms with E-state index in [1.165, 1.54) is 128 Å². The van der Waals surface area contributed by atoms with Crippen LogP contribution in [-0.2, 0) is 5.41 Å². The number of fused-ring (bicyclic) bond motifs is 18. The van der Waals surface area contributed by atoms with Gasteiger partial charge in [-0.3, -0.25) is 0 Å². The van der Waals surface area contributed by atoms with Crippen LogP contribution in [-0.4, -0.2) is 0 Å². The quantitative estimate of drug-likeness (QED) is 0.154. The summed E-state index contributed by atoms with van der Waals surface area (Å²) in [6.45, 7) is 4.70. The Hall–Kier alpha value is -6.32. The third-order valence-electron chi connectivity index (χ3n) is 13.0. The molecule has 0 spiro atoms. The van der Waals surface area contributed by atoms with E-state index in [9.17, 15) is 0 Å². The zero-order valence-corrected chi connectivity index (χ0v) is 33.1. The molecular weight excluding hydrogens is 725 g/mol. The molecule has 12 aromatic rings. The molecule has 266 valence electrons. The Morgan fingerprint density at radius 2 is 0.860 bits per heavy atom. The van der Waals surface area contributed by atoms with E-state index in [1.54, 1.807) is 0 Å². The molecule has 13 rings (SSSR count). The van der Waals surface area contributed by atoms with Crippen molar-refractivity contribution < 1.29 is 0 Å². The van der Waals surface area contributed by atoms with Gasteiger partial charge in [0, 0.05) is 51.1 Å². The summed E-state index contributed by atoms with van der Waals surface area (Å²) in [5, 5.41) is 15.9. The van der Waals surface area contributed by atoms with Crippen molar-refractivity contribution in [3.05, 3.63) is 181 Å². The number of hydrogen-bond donors (Lipinski definition) is 0. The third-order valence-corrected chi connectivity index (χ3v) is 15.5. The summed E-state index contributed by atoms with van der Waals surface area (Å²) in [7, 11) is 0. The lowest BCUT2D eigenvalue weighted by atomic mass is 9.82. The van der Waals surface area contributed by atoms with Gasteiger partial charge in [0.15, 0.2) is 0 Å². The molecule has 0 N–H and O–H groups in total. The lowest BCUT2D eigenvalue weighted by Crippen LogP contribution is -2.14. The maximum absolute atomic E-state index is 2.45. The van der Waals surface area contributed by atoms with Crippen molar-refractivity contribution in [1.82, 2.24) is 0 Å². The molecule has 0 nitrogen and oxygen atoms in total. The molecule has 0 fully saturated rings. The Morgan fingerprint density at radius 3 is 1.65 bits per heavy atom. The van der Waals surface area contributed by atoms with Crippen molar-refractivity contribution in [1.29, 1.82) is 0 Å². The average molecular weight is 759 g/mol. The van der Waals surface area contributed by atoms with E-state index in [4.69, 9.17) is 0 Å². The van der Waals surface area contributed by atoms with E-state index >= 15 is 0 Å². The first-order valence-electron chi connectivity index (χ1n) is 19.8. The van der Waals surface area contributed by atoms with Gasteiger partial charge in [0.1, 0.15) is 0 Å². The Kier molecular flexibility index (Phi) is 6.36. The average Bonchev–Trinajstić information content (AvgIpc) is 3.90. The molecule has 2 heterocycles. The van der Waals surface area contributed by atoms with Crippen molar-refractivity contribution >= 4 is 106 Å². The van der Waals surface area contributed by atoms with Gasteiger partial charge in [-0.15, -0.1) is 22.7 Å². The van der Waals surface area contributed by atoms with E-state index < -0.39 is 0 Å². The fraction of sp³-hybridized carbons (Fsp3) is 0.0545. The van der Waals surface area contributed by atoms with E-state index in [-0.39, 0.29) is 5.41 Å². The second-order valence-electron chi connectivity index (χ2n) is 16.4. The van der Waals surface area contributed by atoms with Crippen LogP contribution in [0.3, 0.4) is 0 Å². The van der Waals surface area contributed by atoms with Gasteiger partial charge < -0.3 is 0 Å². The summed E-state index contributed by atoms with van der Waals surface area (Å²) in [4.78, 5) is 0. The molecule has 0 atom stereocenters. The number of rotatable bonds is 2. The molecule has 0 radical (unpaired) electrons.